The highest BCUT2D eigenvalue weighted by Crippen LogP contribution is 2.14. The van der Waals surface area contributed by atoms with Gasteiger partial charge in [0.2, 0.25) is 0 Å². The Morgan fingerprint density at radius 2 is 0.958 bits per heavy atom. The lowest BCUT2D eigenvalue weighted by Gasteiger charge is -1.92. The zero-order valence-electron chi connectivity index (χ0n) is 12.6. The number of nitrogens with one attached hydrogen (secondary N) is 2. The predicted molar refractivity (Wildman–Crippen MR) is 89.5 cm³/mol. The van der Waals surface area contributed by atoms with Crippen molar-refractivity contribution in [1.82, 2.24) is 10.3 Å². The Bertz CT molecular complexity index is 910. The van der Waals surface area contributed by atoms with E-state index in [1.54, 1.807) is 0 Å². The monoisotopic (exact) mass is 322 g/mol. The summed E-state index contributed by atoms with van der Waals surface area (Å²) in [6, 6.07) is 21.9. The summed E-state index contributed by atoms with van der Waals surface area (Å²) in [4.78, 5) is 21.3. The van der Waals surface area contributed by atoms with Crippen molar-refractivity contribution >= 4 is 0 Å². The van der Waals surface area contributed by atoms with Crippen LogP contribution in [0.4, 0.5) is 0 Å². The second-order valence-electron chi connectivity index (χ2n) is 4.89. The summed E-state index contributed by atoms with van der Waals surface area (Å²) in [6.45, 7) is 0. The van der Waals surface area contributed by atoms with E-state index in [1.165, 1.54) is 12.1 Å². The quantitative estimate of drug-likeness (QED) is 0.592. The van der Waals surface area contributed by atoms with Crippen molar-refractivity contribution in [3.63, 3.8) is 0 Å². The van der Waals surface area contributed by atoms with Crippen LogP contribution in [-0.2, 0) is 0 Å². The van der Waals surface area contributed by atoms with E-state index in [-0.39, 0.29) is 11.3 Å². The van der Waals surface area contributed by atoms with Crippen LogP contribution in [0.5, 0.6) is 0 Å². The van der Waals surface area contributed by atoms with Crippen LogP contribution in [0.15, 0.2) is 91.4 Å². The maximum absolute atomic E-state index is 10.7. The number of rotatable bonds is 2. The van der Waals surface area contributed by atoms with Crippen molar-refractivity contribution in [1.29, 1.82) is 0 Å². The third kappa shape index (κ3) is 3.80. The average Bonchev–Trinajstić information content (AvgIpc) is 3.26. The van der Waals surface area contributed by atoms with Gasteiger partial charge in [0, 0.05) is 11.1 Å². The molecule has 0 aliphatic carbocycles. The van der Waals surface area contributed by atoms with Crippen LogP contribution in [0.25, 0.3) is 22.5 Å². The molecule has 2 aromatic carbocycles. The standard InChI is InChI=1S/2C9H7NO2/c2*11-9-6-8(10-12-9)7-4-2-1-3-5-7/h2*1-6,10H. The van der Waals surface area contributed by atoms with E-state index in [9.17, 15) is 9.59 Å². The topological polar surface area (TPSA) is 92.0 Å². The molecule has 4 aromatic rings. The van der Waals surface area contributed by atoms with Gasteiger partial charge >= 0.3 is 11.3 Å². The smallest absolute Gasteiger partial charge is 0.339 e. The molecule has 0 amide bonds. The molecule has 24 heavy (non-hydrogen) atoms. The van der Waals surface area contributed by atoms with Crippen molar-refractivity contribution in [3.8, 4) is 22.5 Å². The fourth-order valence-corrected chi connectivity index (χ4v) is 2.08. The Balaban J connectivity index is 0.000000141. The maximum Gasteiger partial charge on any atom is 0.357 e. The van der Waals surface area contributed by atoms with Crippen LogP contribution in [-0.4, -0.2) is 10.3 Å². The first-order chi connectivity index (χ1) is 11.7. The molecular formula is C18H14N2O4. The highest BCUT2D eigenvalue weighted by Gasteiger charge is 2.00. The van der Waals surface area contributed by atoms with Crippen LogP contribution in [0.3, 0.4) is 0 Å². The van der Waals surface area contributed by atoms with Gasteiger partial charge in [0.25, 0.3) is 0 Å². The molecule has 0 atom stereocenters. The summed E-state index contributed by atoms with van der Waals surface area (Å²) in [7, 11) is 0. The third-order valence-corrected chi connectivity index (χ3v) is 3.22. The molecule has 6 nitrogen and oxygen atoms in total. The minimum absolute atomic E-state index is 0.353. The Labute approximate surface area is 136 Å². The highest BCUT2D eigenvalue weighted by molar-refractivity contribution is 5.58. The van der Waals surface area contributed by atoms with Crippen molar-refractivity contribution in [2.24, 2.45) is 0 Å². The zero-order valence-corrected chi connectivity index (χ0v) is 12.6. The number of aromatic amines is 2. The van der Waals surface area contributed by atoms with Gasteiger partial charge < -0.3 is 9.05 Å². The Hall–Kier alpha value is -3.54. The van der Waals surface area contributed by atoms with Gasteiger partial charge in [-0.25, -0.2) is 19.9 Å². The van der Waals surface area contributed by atoms with Gasteiger partial charge in [-0.15, -0.1) is 0 Å². The Morgan fingerprint density at radius 3 is 1.25 bits per heavy atom. The molecule has 0 saturated heterocycles. The van der Waals surface area contributed by atoms with Crippen molar-refractivity contribution in [2.75, 3.05) is 0 Å². The molecule has 4 rings (SSSR count). The van der Waals surface area contributed by atoms with Gasteiger partial charge in [-0.1, -0.05) is 60.7 Å². The molecule has 2 aromatic heterocycles. The summed E-state index contributed by atoms with van der Waals surface area (Å²) in [5.74, 6) is 0. The van der Waals surface area contributed by atoms with Crippen LogP contribution in [0.1, 0.15) is 0 Å². The summed E-state index contributed by atoms with van der Waals surface area (Å²) < 4.78 is 9.08. The van der Waals surface area contributed by atoms with Gasteiger partial charge in [0.15, 0.2) is 0 Å². The van der Waals surface area contributed by atoms with E-state index < -0.39 is 0 Å². The Kier molecular flexibility index (Phi) is 4.57. The summed E-state index contributed by atoms with van der Waals surface area (Å²) in [5, 5.41) is 5.07. The average molecular weight is 322 g/mol. The first kappa shape index (κ1) is 15.4. The molecule has 0 unspecified atom stereocenters. The lowest BCUT2D eigenvalue weighted by molar-refractivity contribution is 0.393. The van der Waals surface area contributed by atoms with Crippen LogP contribution < -0.4 is 11.3 Å². The van der Waals surface area contributed by atoms with Gasteiger partial charge in [0.05, 0.1) is 23.5 Å². The molecular weight excluding hydrogens is 308 g/mol. The van der Waals surface area contributed by atoms with Gasteiger partial charge in [-0.05, 0) is 0 Å². The van der Waals surface area contributed by atoms with Crippen LogP contribution in [0.2, 0.25) is 0 Å². The second kappa shape index (κ2) is 7.15. The minimum atomic E-state index is -0.353. The van der Waals surface area contributed by atoms with Gasteiger partial charge in [0.1, 0.15) is 0 Å². The number of benzene rings is 2. The fraction of sp³-hybridized carbons (Fsp3) is 0. The van der Waals surface area contributed by atoms with E-state index in [2.05, 4.69) is 19.4 Å². The number of H-pyrrole nitrogens is 2. The van der Waals surface area contributed by atoms with Crippen molar-refractivity contribution in [2.45, 2.75) is 0 Å². The van der Waals surface area contributed by atoms with Gasteiger partial charge in [-0.3, -0.25) is 0 Å². The van der Waals surface area contributed by atoms with Crippen LogP contribution in [0, 0.1) is 0 Å². The minimum Gasteiger partial charge on any atom is -0.339 e. The Morgan fingerprint density at radius 1 is 0.583 bits per heavy atom. The van der Waals surface area contributed by atoms with Gasteiger partial charge in [-0.2, -0.15) is 0 Å². The normalized spacial score (nSPS) is 10.0. The van der Waals surface area contributed by atoms with Crippen molar-refractivity contribution in [3.05, 3.63) is 93.6 Å². The third-order valence-electron chi connectivity index (χ3n) is 3.22. The van der Waals surface area contributed by atoms with Crippen LogP contribution >= 0.6 is 0 Å². The SMILES string of the molecule is O=c1cc(-c2ccccc2)[nH]o1.O=c1cc(-c2ccccc2)[nH]o1. The van der Waals surface area contributed by atoms with E-state index in [1.807, 2.05) is 60.7 Å². The van der Waals surface area contributed by atoms with E-state index >= 15 is 0 Å². The molecule has 2 heterocycles. The lowest BCUT2D eigenvalue weighted by Crippen LogP contribution is -1.85. The summed E-state index contributed by atoms with van der Waals surface area (Å²) >= 11 is 0. The summed E-state index contributed by atoms with van der Waals surface area (Å²) in [5.41, 5.74) is 2.61. The molecule has 120 valence electrons. The maximum atomic E-state index is 10.7. The largest absolute Gasteiger partial charge is 0.357 e. The summed E-state index contributed by atoms with van der Waals surface area (Å²) in [6.07, 6.45) is 0. The molecule has 6 heteroatoms. The molecule has 0 aliphatic rings. The predicted octanol–water partition coefficient (Wildman–Crippen LogP) is 3.27. The zero-order chi connectivity index (χ0) is 16.8. The van der Waals surface area contributed by atoms with E-state index in [0.29, 0.717) is 11.4 Å². The number of hydrogen-bond acceptors (Lipinski definition) is 4. The molecule has 2 N–H and O–H groups in total. The van der Waals surface area contributed by atoms with E-state index in [0.717, 1.165) is 11.1 Å². The molecule has 0 aliphatic heterocycles. The first-order valence-electron chi connectivity index (χ1n) is 7.20. The molecule has 0 radical (unpaired) electrons. The lowest BCUT2D eigenvalue weighted by atomic mass is 10.2. The number of hydrogen-bond donors (Lipinski definition) is 2. The van der Waals surface area contributed by atoms with Crippen molar-refractivity contribution < 1.29 is 9.05 Å². The molecule has 0 saturated carbocycles. The fourth-order valence-electron chi connectivity index (χ4n) is 2.08. The van der Waals surface area contributed by atoms with E-state index in [4.69, 9.17) is 0 Å². The number of aromatic nitrogens is 2. The second-order valence-corrected chi connectivity index (χ2v) is 4.89. The molecule has 0 bridgehead atoms. The molecule has 0 spiro atoms. The highest BCUT2D eigenvalue weighted by atomic mass is 16.5. The molecule has 0 fully saturated rings. The first-order valence-corrected chi connectivity index (χ1v) is 7.20.